The number of rotatable bonds is 11. The molecule has 55 heavy (non-hydrogen) atoms. The summed E-state index contributed by atoms with van der Waals surface area (Å²) in [6.07, 6.45) is -2.38. The Kier molecular flexibility index (Phi) is 11.5. The van der Waals surface area contributed by atoms with Crippen LogP contribution < -0.4 is 0 Å². The van der Waals surface area contributed by atoms with Crippen LogP contribution in [-0.4, -0.2) is 53.4 Å². The molecule has 1 fully saturated rings. The third-order valence-electron chi connectivity index (χ3n) is 9.10. The lowest BCUT2D eigenvalue weighted by molar-refractivity contribution is -0.148. The van der Waals surface area contributed by atoms with E-state index in [1.807, 2.05) is 127 Å². The molecule has 8 nitrogen and oxygen atoms in total. The van der Waals surface area contributed by atoms with Crippen molar-refractivity contribution in [3.63, 3.8) is 0 Å². The Hall–Kier alpha value is -6.45. The largest absolute Gasteiger partial charge is 0.461 e. The van der Waals surface area contributed by atoms with Gasteiger partial charge in [0, 0.05) is 6.92 Å². The zero-order chi connectivity index (χ0) is 38.1. The minimum absolute atomic E-state index is 0.230. The van der Waals surface area contributed by atoms with E-state index in [1.54, 1.807) is 36.4 Å². The smallest absolute Gasteiger partial charge is 0.338 e. The molecule has 9 heteroatoms. The van der Waals surface area contributed by atoms with Crippen molar-refractivity contribution in [2.24, 2.45) is 0 Å². The molecule has 0 aromatic heterocycles. The highest BCUT2D eigenvalue weighted by molar-refractivity contribution is 8.00. The van der Waals surface area contributed by atoms with Gasteiger partial charge in [-0.1, -0.05) is 127 Å². The molecule has 0 aliphatic carbocycles. The van der Waals surface area contributed by atoms with E-state index < -0.39 is 46.8 Å². The first-order valence-corrected chi connectivity index (χ1v) is 18.6. The number of thioether (sulfide) groups is 1. The summed E-state index contributed by atoms with van der Waals surface area (Å²) in [5.41, 5.74) is 5.52. The highest BCUT2D eigenvalue weighted by atomic mass is 32.2. The predicted molar refractivity (Wildman–Crippen MR) is 211 cm³/mol. The third-order valence-corrected chi connectivity index (χ3v) is 10.5. The Balaban J connectivity index is 1.12. The summed E-state index contributed by atoms with van der Waals surface area (Å²) >= 11 is 1.09. The van der Waals surface area contributed by atoms with Crippen LogP contribution in [0.4, 0.5) is 0 Å². The van der Waals surface area contributed by atoms with Crippen LogP contribution in [0.1, 0.15) is 38.0 Å². The molecule has 0 spiro atoms. The fraction of sp³-hybridized carbons (Fsp3) is 0.130. The molecule has 0 bridgehead atoms. The van der Waals surface area contributed by atoms with Gasteiger partial charge in [0.15, 0.2) is 17.6 Å². The molecule has 7 rings (SSSR count). The number of esters is 4. The normalized spacial score (nSPS) is 17.5. The van der Waals surface area contributed by atoms with Crippen molar-refractivity contribution in [1.82, 2.24) is 0 Å². The molecule has 0 amide bonds. The van der Waals surface area contributed by atoms with Crippen molar-refractivity contribution in [3.8, 4) is 33.4 Å². The van der Waals surface area contributed by atoms with E-state index in [-0.39, 0.29) is 17.7 Å². The van der Waals surface area contributed by atoms with Gasteiger partial charge in [0.25, 0.3) is 0 Å². The highest BCUT2D eigenvalue weighted by Crippen LogP contribution is 2.40. The first kappa shape index (κ1) is 36.9. The Morgan fingerprint density at radius 2 is 0.782 bits per heavy atom. The van der Waals surface area contributed by atoms with Crippen LogP contribution in [0.25, 0.3) is 33.4 Å². The molecule has 0 N–H and O–H groups in total. The molecule has 1 aliphatic rings. The molecule has 0 radical (unpaired) electrons. The van der Waals surface area contributed by atoms with Crippen molar-refractivity contribution in [1.29, 1.82) is 0 Å². The van der Waals surface area contributed by atoms with E-state index in [9.17, 15) is 19.2 Å². The Morgan fingerprint density at radius 1 is 0.436 bits per heavy atom. The molecule has 1 saturated heterocycles. The van der Waals surface area contributed by atoms with Crippen LogP contribution in [0.3, 0.4) is 0 Å². The van der Waals surface area contributed by atoms with Gasteiger partial charge in [0.05, 0.1) is 21.9 Å². The molecule has 0 saturated carbocycles. The Bertz CT molecular complexity index is 2240. The number of hydrogen-bond acceptors (Lipinski definition) is 9. The van der Waals surface area contributed by atoms with Crippen molar-refractivity contribution in [3.05, 3.63) is 180 Å². The molecular formula is C46H36O8S. The molecule has 4 atom stereocenters. The van der Waals surface area contributed by atoms with Crippen LogP contribution in [0.15, 0.2) is 164 Å². The van der Waals surface area contributed by atoms with Crippen LogP contribution in [0.5, 0.6) is 0 Å². The minimum atomic E-state index is -1.23. The zero-order valence-electron chi connectivity index (χ0n) is 29.8. The number of carbonyl (C=O) groups is 4. The average molecular weight is 749 g/mol. The molecule has 1 unspecified atom stereocenters. The topological polar surface area (TPSA) is 105 Å². The summed E-state index contributed by atoms with van der Waals surface area (Å²) in [7, 11) is 0. The molecule has 274 valence electrons. The van der Waals surface area contributed by atoms with E-state index in [4.69, 9.17) is 18.9 Å². The van der Waals surface area contributed by atoms with E-state index in [2.05, 4.69) is 0 Å². The molecular weight excluding hydrogens is 713 g/mol. The molecule has 1 heterocycles. The standard InChI is InChI=1S/C46H36O8S/c1-30(47)52-46-42(54-45(50)39-27-21-36(22-28-39)33-15-9-4-10-16-33)41(53-44(49)38-25-19-35(20-26-38)32-13-7-3-8-14-32)40(55-46)29-51-43(48)37-23-17-34(18-24-37)31-11-5-2-6-12-31/h2-28,40-42,46H,29H2,1H3/t40-,41-,42-,46?/m0/s1. The summed E-state index contributed by atoms with van der Waals surface area (Å²) in [6, 6.07) is 50.1. The van der Waals surface area contributed by atoms with Crippen molar-refractivity contribution in [2.45, 2.75) is 29.8 Å². The van der Waals surface area contributed by atoms with Gasteiger partial charge in [-0.2, -0.15) is 0 Å². The maximum Gasteiger partial charge on any atom is 0.338 e. The molecule has 6 aromatic carbocycles. The van der Waals surface area contributed by atoms with Gasteiger partial charge in [-0.25, -0.2) is 14.4 Å². The quantitative estimate of drug-likeness (QED) is 0.0947. The first-order chi connectivity index (χ1) is 26.8. The Morgan fingerprint density at radius 3 is 1.16 bits per heavy atom. The fourth-order valence-electron chi connectivity index (χ4n) is 6.26. The second-order valence-corrected chi connectivity index (χ2v) is 14.2. The summed E-state index contributed by atoms with van der Waals surface area (Å²) in [5.74, 6) is -2.60. The summed E-state index contributed by atoms with van der Waals surface area (Å²) < 4.78 is 23.4. The highest BCUT2D eigenvalue weighted by Gasteiger charge is 2.51. The van der Waals surface area contributed by atoms with Crippen LogP contribution >= 0.6 is 11.8 Å². The number of benzene rings is 6. The van der Waals surface area contributed by atoms with Crippen molar-refractivity contribution >= 4 is 35.6 Å². The van der Waals surface area contributed by atoms with Gasteiger partial charge < -0.3 is 18.9 Å². The third kappa shape index (κ3) is 9.03. The predicted octanol–water partition coefficient (Wildman–Crippen LogP) is 9.30. The second kappa shape index (κ2) is 17.1. The first-order valence-electron chi connectivity index (χ1n) is 17.7. The lowest BCUT2D eigenvalue weighted by Gasteiger charge is -2.25. The van der Waals surface area contributed by atoms with Gasteiger partial charge in [0.2, 0.25) is 0 Å². The van der Waals surface area contributed by atoms with Crippen LogP contribution in [-0.2, 0) is 23.7 Å². The van der Waals surface area contributed by atoms with Gasteiger partial charge >= 0.3 is 23.9 Å². The van der Waals surface area contributed by atoms with Gasteiger partial charge in [-0.3, -0.25) is 4.79 Å². The number of ether oxygens (including phenoxy) is 4. The lowest BCUT2D eigenvalue weighted by Crippen LogP contribution is -2.42. The lowest BCUT2D eigenvalue weighted by atomic mass is 10.0. The summed E-state index contributed by atoms with van der Waals surface area (Å²) in [5, 5.41) is -0.761. The van der Waals surface area contributed by atoms with E-state index >= 15 is 0 Å². The molecule has 1 aliphatic heterocycles. The summed E-state index contributed by atoms with van der Waals surface area (Å²) in [6.45, 7) is 1.01. The van der Waals surface area contributed by atoms with Crippen molar-refractivity contribution < 1.29 is 38.1 Å². The van der Waals surface area contributed by atoms with Crippen LogP contribution in [0, 0.1) is 0 Å². The van der Waals surface area contributed by atoms with Gasteiger partial charge in [-0.05, 0) is 69.8 Å². The van der Waals surface area contributed by atoms with E-state index in [0.717, 1.165) is 45.1 Å². The maximum absolute atomic E-state index is 13.7. The van der Waals surface area contributed by atoms with Gasteiger partial charge in [0.1, 0.15) is 6.61 Å². The Labute approximate surface area is 323 Å². The van der Waals surface area contributed by atoms with Crippen molar-refractivity contribution in [2.75, 3.05) is 6.61 Å². The number of carbonyl (C=O) groups excluding carboxylic acids is 4. The number of hydrogen-bond donors (Lipinski definition) is 0. The van der Waals surface area contributed by atoms with E-state index in [0.29, 0.717) is 5.56 Å². The average Bonchev–Trinajstić information content (AvgIpc) is 3.54. The van der Waals surface area contributed by atoms with Gasteiger partial charge in [-0.15, -0.1) is 11.8 Å². The second-order valence-electron chi connectivity index (χ2n) is 12.8. The fourth-order valence-corrected chi connectivity index (χ4v) is 7.68. The monoisotopic (exact) mass is 748 g/mol. The zero-order valence-corrected chi connectivity index (χ0v) is 30.6. The molecule has 6 aromatic rings. The van der Waals surface area contributed by atoms with Crippen LogP contribution in [0.2, 0.25) is 0 Å². The minimum Gasteiger partial charge on any atom is -0.461 e. The van der Waals surface area contributed by atoms with E-state index in [1.165, 1.54) is 6.92 Å². The SMILES string of the molecule is CC(=O)OC1S[C@@H](COC(=O)c2ccc(-c3ccccc3)cc2)[C@H](OC(=O)c2ccc(-c3ccccc3)cc2)[C@@H]1OC(=O)c1ccc(-c2ccccc2)cc1. The maximum atomic E-state index is 13.7. The summed E-state index contributed by atoms with van der Waals surface area (Å²) in [4.78, 5) is 52.9.